The Kier molecular flexibility index (Phi) is 5.64. The molecule has 0 fully saturated rings. The largest absolute Gasteiger partial charge is 0.495 e. The Labute approximate surface area is 143 Å². The Hall–Kier alpha value is -1.89. The highest BCUT2D eigenvalue weighted by molar-refractivity contribution is 7.89. The predicted octanol–water partition coefficient (Wildman–Crippen LogP) is 2.44. The van der Waals surface area contributed by atoms with Crippen molar-refractivity contribution in [2.75, 3.05) is 13.7 Å². The summed E-state index contributed by atoms with van der Waals surface area (Å²) >= 11 is 0. The molecule has 130 valence electrons. The number of sulfonamides is 1. The first kappa shape index (κ1) is 18.4. The Morgan fingerprint density at radius 1 is 1.17 bits per heavy atom. The van der Waals surface area contributed by atoms with Crippen LogP contribution in [0, 0.1) is 0 Å². The van der Waals surface area contributed by atoms with Crippen molar-refractivity contribution in [1.82, 2.24) is 4.72 Å². The van der Waals surface area contributed by atoms with Gasteiger partial charge in [0.05, 0.1) is 7.11 Å². The number of aliphatic hydroxyl groups is 1. The van der Waals surface area contributed by atoms with Crippen LogP contribution in [0.1, 0.15) is 25.0 Å². The zero-order chi connectivity index (χ0) is 17.8. The van der Waals surface area contributed by atoms with E-state index in [9.17, 15) is 13.5 Å². The third kappa shape index (κ3) is 4.14. The third-order valence-electron chi connectivity index (χ3n) is 3.93. The molecule has 2 aromatic rings. The van der Waals surface area contributed by atoms with E-state index in [-0.39, 0.29) is 17.2 Å². The molecule has 0 bridgehead atoms. The molecule has 6 heteroatoms. The van der Waals surface area contributed by atoms with Crippen molar-refractivity contribution >= 4 is 10.0 Å². The van der Waals surface area contributed by atoms with Crippen molar-refractivity contribution in [3.63, 3.8) is 0 Å². The van der Waals surface area contributed by atoms with Gasteiger partial charge in [0.2, 0.25) is 10.0 Å². The van der Waals surface area contributed by atoms with Crippen molar-refractivity contribution in [2.45, 2.75) is 30.8 Å². The van der Waals surface area contributed by atoms with E-state index in [0.29, 0.717) is 12.0 Å². The molecule has 24 heavy (non-hydrogen) atoms. The second-order valence-electron chi connectivity index (χ2n) is 5.80. The fraction of sp³-hybridized carbons (Fsp3) is 0.333. The van der Waals surface area contributed by atoms with Crippen LogP contribution >= 0.6 is 0 Å². The minimum atomic E-state index is -3.81. The van der Waals surface area contributed by atoms with E-state index in [1.54, 1.807) is 43.3 Å². The summed E-state index contributed by atoms with van der Waals surface area (Å²) in [4.78, 5) is 0.0770. The number of aryl methyl sites for hydroxylation is 1. The van der Waals surface area contributed by atoms with Crippen LogP contribution in [0.5, 0.6) is 5.75 Å². The van der Waals surface area contributed by atoms with Gasteiger partial charge in [0.1, 0.15) is 16.2 Å². The van der Waals surface area contributed by atoms with Crippen LogP contribution in [0.2, 0.25) is 0 Å². The SMILES string of the molecule is CCc1ccc(OC)c(S(=O)(=O)NCC(C)(O)c2ccccc2)c1. The lowest BCUT2D eigenvalue weighted by Crippen LogP contribution is -2.38. The number of ether oxygens (including phenoxy) is 1. The van der Waals surface area contributed by atoms with Gasteiger partial charge in [-0.25, -0.2) is 13.1 Å². The third-order valence-corrected chi connectivity index (χ3v) is 5.35. The molecular weight excluding hydrogens is 326 g/mol. The number of hydrogen-bond acceptors (Lipinski definition) is 4. The second kappa shape index (κ2) is 7.34. The first-order valence-corrected chi connectivity index (χ1v) is 9.23. The molecule has 0 aromatic heterocycles. The highest BCUT2D eigenvalue weighted by atomic mass is 32.2. The smallest absolute Gasteiger partial charge is 0.244 e. The number of methoxy groups -OCH3 is 1. The molecule has 5 nitrogen and oxygen atoms in total. The summed E-state index contributed by atoms with van der Waals surface area (Å²) in [5, 5.41) is 10.6. The zero-order valence-electron chi connectivity index (χ0n) is 14.1. The fourth-order valence-corrected chi connectivity index (χ4v) is 3.71. The van der Waals surface area contributed by atoms with Gasteiger partial charge < -0.3 is 9.84 Å². The lowest BCUT2D eigenvalue weighted by atomic mass is 9.97. The highest BCUT2D eigenvalue weighted by Gasteiger charge is 2.27. The molecule has 0 radical (unpaired) electrons. The molecule has 0 heterocycles. The first-order valence-electron chi connectivity index (χ1n) is 7.74. The van der Waals surface area contributed by atoms with E-state index < -0.39 is 15.6 Å². The highest BCUT2D eigenvalue weighted by Crippen LogP contribution is 2.26. The normalized spacial score (nSPS) is 14.2. The maximum Gasteiger partial charge on any atom is 0.244 e. The minimum absolute atomic E-state index is 0.0770. The second-order valence-corrected chi connectivity index (χ2v) is 7.54. The molecule has 1 unspecified atom stereocenters. The molecule has 0 aliphatic carbocycles. The summed E-state index contributed by atoms with van der Waals surface area (Å²) in [7, 11) is -2.38. The quantitative estimate of drug-likeness (QED) is 0.805. The molecule has 0 saturated heterocycles. The van der Waals surface area contributed by atoms with E-state index in [0.717, 1.165) is 5.56 Å². The van der Waals surface area contributed by atoms with Crippen LogP contribution < -0.4 is 9.46 Å². The van der Waals surface area contributed by atoms with Gasteiger partial charge in [-0.1, -0.05) is 43.3 Å². The summed E-state index contributed by atoms with van der Waals surface area (Å²) < 4.78 is 33.0. The Morgan fingerprint density at radius 2 is 1.83 bits per heavy atom. The van der Waals surface area contributed by atoms with Gasteiger partial charge >= 0.3 is 0 Å². The van der Waals surface area contributed by atoms with Crippen LogP contribution in [-0.2, 0) is 22.0 Å². The predicted molar refractivity (Wildman–Crippen MR) is 93.6 cm³/mol. The Bertz CT molecular complexity index is 786. The standard InChI is InChI=1S/C18H23NO4S/c1-4-14-10-11-16(23-3)17(12-14)24(21,22)19-13-18(2,20)15-8-6-5-7-9-15/h5-12,19-20H,4,13H2,1-3H3. The molecule has 2 N–H and O–H groups in total. The van der Waals surface area contributed by atoms with Gasteiger partial charge in [0, 0.05) is 6.54 Å². The molecule has 2 aromatic carbocycles. The summed E-state index contributed by atoms with van der Waals surface area (Å²) in [5.41, 5.74) is 0.220. The molecule has 2 rings (SSSR count). The van der Waals surface area contributed by atoms with Gasteiger partial charge in [-0.05, 0) is 36.6 Å². The van der Waals surface area contributed by atoms with Gasteiger partial charge in [-0.3, -0.25) is 0 Å². The van der Waals surface area contributed by atoms with Crippen LogP contribution in [0.25, 0.3) is 0 Å². The summed E-state index contributed by atoms with van der Waals surface area (Å²) in [5.74, 6) is 0.277. The van der Waals surface area contributed by atoms with Crippen molar-refractivity contribution in [2.24, 2.45) is 0 Å². The topological polar surface area (TPSA) is 75.6 Å². The minimum Gasteiger partial charge on any atom is -0.495 e. The Balaban J connectivity index is 2.26. The van der Waals surface area contributed by atoms with Gasteiger partial charge in [-0.15, -0.1) is 0 Å². The number of rotatable bonds is 7. The number of nitrogens with one attached hydrogen (secondary N) is 1. The number of benzene rings is 2. The van der Waals surface area contributed by atoms with Crippen LogP contribution in [0.15, 0.2) is 53.4 Å². The summed E-state index contributed by atoms with van der Waals surface area (Å²) in [6.45, 7) is 3.38. The monoisotopic (exact) mass is 349 g/mol. The Morgan fingerprint density at radius 3 is 2.42 bits per heavy atom. The zero-order valence-corrected chi connectivity index (χ0v) is 14.9. The van der Waals surface area contributed by atoms with Crippen LogP contribution in [-0.4, -0.2) is 27.2 Å². The molecule has 0 spiro atoms. The van der Waals surface area contributed by atoms with Crippen LogP contribution in [0.3, 0.4) is 0 Å². The van der Waals surface area contributed by atoms with E-state index in [2.05, 4.69) is 4.72 Å². The lowest BCUT2D eigenvalue weighted by Gasteiger charge is -2.24. The van der Waals surface area contributed by atoms with Crippen molar-refractivity contribution in [3.8, 4) is 5.75 Å². The molecule has 0 aliphatic rings. The maximum atomic E-state index is 12.7. The van der Waals surface area contributed by atoms with Gasteiger partial charge in [0.25, 0.3) is 0 Å². The first-order chi connectivity index (χ1) is 11.3. The molecule has 0 saturated carbocycles. The van der Waals surface area contributed by atoms with E-state index >= 15 is 0 Å². The van der Waals surface area contributed by atoms with Crippen molar-refractivity contribution in [1.29, 1.82) is 0 Å². The van der Waals surface area contributed by atoms with Gasteiger partial charge in [0.15, 0.2) is 0 Å². The molecular formula is C18H23NO4S. The maximum absolute atomic E-state index is 12.7. The summed E-state index contributed by atoms with van der Waals surface area (Å²) in [6, 6.07) is 14.0. The molecule has 0 amide bonds. The molecule has 1 atom stereocenters. The lowest BCUT2D eigenvalue weighted by molar-refractivity contribution is 0.0627. The van der Waals surface area contributed by atoms with Gasteiger partial charge in [-0.2, -0.15) is 0 Å². The van der Waals surface area contributed by atoms with Crippen molar-refractivity contribution in [3.05, 3.63) is 59.7 Å². The average Bonchev–Trinajstić information content (AvgIpc) is 2.60. The average molecular weight is 349 g/mol. The van der Waals surface area contributed by atoms with E-state index in [1.807, 2.05) is 19.1 Å². The van der Waals surface area contributed by atoms with Crippen molar-refractivity contribution < 1.29 is 18.3 Å². The van der Waals surface area contributed by atoms with E-state index in [1.165, 1.54) is 7.11 Å². The van der Waals surface area contributed by atoms with Crippen LogP contribution in [0.4, 0.5) is 0 Å². The molecule has 0 aliphatic heterocycles. The number of hydrogen-bond donors (Lipinski definition) is 2. The summed E-state index contributed by atoms with van der Waals surface area (Å²) in [6.07, 6.45) is 0.717. The van der Waals surface area contributed by atoms with E-state index in [4.69, 9.17) is 4.74 Å². The fourth-order valence-electron chi connectivity index (χ4n) is 2.36.